The van der Waals surface area contributed by atoms with Gasteiger partial charge in [-0.25, -0.2) is 4.79 Å². The molecular weight excluding hydrogens is 382 g/mol. The van der Waals surface area contributed by atoms with Crippen LogP contribution in [0.5, 0.6) is 5.75 Å². The summed E-state index contributed by atoms with van der Waals surface area (Å²) < 4.78 is 9.91. The van der Waals surface area contributed by atoms with Gasteiger partial charge in [-0.05, 0) is 29.8 Å². The third-order valence-corrected chi connectivity index (χ3v) is 3.78. The molecule has 1 atom stereocenters. The largest absolute Gasteiger partial charge is 0.514 e. The number of carbonyl (C=O) groups is 3. The number of nitrogens with zero attached hydrogens (tertiary/aromatic N) is 1. The zero-order valence-corrected chi connectivity index (χ0v) is 15.5. The van der Waals surface area contributed by atoms with Crippen molar-refractivity contribution in [1.29, 1.82) is 0 Å². The van der Waals surface area contributed by atoms with Crippen LogP contribution in [0.1, 0.15) is 18.9 Å². The number of amides is 2. The highest BCUT2D eigenvalue weighted by molar-refractivity contribution is 5.94. The molecule has 0 aliphatic rings. The van der Waals surface area contributed by atoms with Crippen molar-refractivity contribution in [3.8, 4) is 5.75 Å². The van der Waals surface area contributed by atoms with E-state index in [1.165, 1.54) is 24.3 Å². The summed E-state index contributed by atoms with van der Waals surface area (Å²) in [6, 6.07) is 11.5. The van der Waals surface area contributed by atoms with E-state index in [2.05, 4.69) is 5.32 Å². The van der Waals surface area contributed by atoms with Crippen molar-refractivity contribution in [2.24, 2.45) is 11.7 Å². The second-order valence-corrected chi connectivity index (χ2v) is 6.15. The highest BCUT2D eigenvalue weighted by atomic mass is 16.7. The molecule has 2 aromatic carbocycles. The Bertz CT molecular complexity index is 895. The first-order valence-electron chi connectivity index (χ1n) is 8.51. The van der Waals surface area contributed by atoms with Crippen LogP contribution in [0.4, 0.5) is 16.2 Å². The van der Waals surface area contributed by atoms with E-state index < -0.39 is 22.9 Å². The molecule has 2 aromatic rings. The second kappa shape index (κ2) is 9.83. The fraction of sp³-hybridized carbons (Fsp3) is 0.211. The second-order valence-electron chi connectivity index (χ2n) is 6.15. The van der Waals surface area contributed by atoms with Gasteiger partial charge in [0.1, 0.15) is 12.4 Å². The van der Waals surface area contributed by atoms with Crippen molar-refractivity contribution in [1.82, 2.24) is 0 Å². The summed E-state index contributed by atoms with van der Waals surface area (Å²) in [7, 11) is 0. The Morgan fingerprint density at radius 2 is 1.72 bits per heavy atom. The smallest absolute Gasteiger partial charge is 0.429 e. The van der Waals surface area contributed by atoms with Crippen LogP contribution < -0.4 is 15.8 Å². The van der Waals surface area contributed by atoms with Crippen LogP contribution >= 0.6 is 0 Å². The Balaban J connectivity index is 1.82. The van der Waals surface area contributed by atoms with E-state index in [1.54, 1.807) is 31.2 Å². The molecule has 0 saturated carbocycles. The van der Waals surface area contributed by atoms with Crippen molar-refractivity contribution < 1.29 is 28.8 Å². The topological polar surface area (TPSA) is 151 Å². The summed E-state index contributed by atoms with van der Waals surface area (Å²) in [6.45, 7) is 1.52. The molecule has 0 fully saturated rings. The lowest BCUT2D eigenvalue weighted by Crippen LogP contribution is -2.25. The number of anilines is 1. The maximum absolute atomic E-state index is 11.9. The fourth-order valence-corrected chi connectivity index (χ4v) is 2.25. The van der Waals surface area contributed by atoms with Gasteiger partial charge in [-0.3, -0.25) is 19.7 Å². The van der Waals surface area contributed by atoms with Gasteiger partial charge < -0.3 is 20.5 Å². The van der Waals surface area contributed by atoms with Crippen LogP contribution in [0.15, 0.2) is 48.5 Å². The number of ether oxygens (including phenoxy) is 2. The molecule has 2 amide bonds. The number of nitrogens with two attached hydrogens (primary N) is 1. The molecule has 152 valence electrons. The molecular formula is C19H19N3O7. The molecule has 29 heavy (non-hydrogen) atoms. The lowest BCUT2D eigenvalue weighted by atomic mass is 10.1. The average Bonchev–Trinajstić information content (AvgIpc) is 2.67. The van der Waals surface area contributed by atoms with Crippen molar-refractivity contribution >= 4 is 29.3 Å². The number of hydrogen-bond donors (Lipinski definition) is 2. The quantitative estimate of drug-likeness (QED) is 0.299. The first-order valence-corrected chi connectivity index (χ1v) is 8.51. The van der Waals surface area contributed by atoms with Gasteiger partial charge in [0.05, 0.1) is 4.92 Å². The summed E-state index contributed by atoms with van der Waals surface area (Å²) in [4.78, 5) is 44.5. The zero-order valence-electron chi connectivity index (χ0n) is 15.5. The summed E-state index contributed by atoms with van der Waals surface area (Å²) in [5.74, 6) is -1.33. The first-order chi connectivity index (χ1) is 13.7. The Labute approximate surface area is 165 Å². The number of rotatable bonds is 8. The van der Waals surface area contributed by atoms with E-state index in [-0.39, 0.29) is 30.4 Å². The normalized spacial score (nSPS) is 11.2. The number of nitrogens with one attached hydrogen (secondary N) is 1. The number of nitro benzene ring substituents is 1. The highest BCUT2D eigenvalue weighted by Gasteiger charge is 2.15. The standard InChI is InChI=1S/C19H19N3O7/c1-12(10-17(20)23)18(24)21-14-4-2-13(3-5-14)11-28-19(25)29-16-8-6-15(7-9-16)22(26)27/h2-9,12H,10-11H2,1H3,(H2,20,23)(H,21,24)/t12-/m0/s1. The predicted molar refractivity (Wildman–Crippen MR) is 102 cm³/mol. The lowest BCUT2D eigenvalue weighted by Gasteiger charge is -2.11. The van der Waals surface area contributed by atoms with Gasteiger partial charge in [-0.2, -0.15) is 0 Å². The Morgan fingerprint density at radius 1 is 1.10 bits per heavy atom. The molecule has 0 aliphatic heterocycles. The van der Waals surface area contributed by atoms with Crippen molar-refractivity contribution in [2.45, 2.75) is 20.0 Å². The van der Waals surface area contributed by atoms with E-state index in [1.807, 2.05) is 0 Å². The fourth-order valence-electron chi connectivity index (χ4n) is 2.25. The molecule has 2 rings (SSSR count). The highest BCUT2D eigenvalue weighted by Crippen LogP contribution is 2.18. The molecule has 0 aliphatic carbocycles. The van der Waals surface area contributed by atoms with E-state index in [0.29, 0.717) is 11.3 Å². The number of carbonyl (C=O) groups excluding carboxylic acids is 3. The number of non-ortho nitro benzene ring substituents is 1. The molecule has 0 aromatic heterocycles. The molecule has 0 radical (unpaired) electrons. The molecule has 0 unspecified atom stereocenters. The summed E-state index contributed by atoms with van der Waals surface area (Å²) >= 11 is 0. The van der Waals surface area contributed by atoms with Gasteiger partial charge in [0, 0.05) is 30.2 Å². The van der Waals surface area contributed by atoms with Crippen LogP contribution in [0.3, 0.4) is 0 Å². The van der Waals surface area contributed by atoms with E-state index in [9.17, 15) is 24.5 Å². The van der Waals surface area contributed by atoms with Crippen LogP contribution in [0, 0.1) is 16.0 Å². The number of hydrogen-bond acceptors (Lipinski definition) is 7. The number of primary amides is 1. The third kappa shape index (κ3) is 6.94. The zero-order chi connectivity index (χ0) is 21.4. The molecule has 0 heterocycles. The van der Waals surface area contributed by atoms with E-state index in [0.717, 1.165) is 0 Å². The SMILES string of the molecule is C[C@@H](CC(N)=O)C(=O)Nc1ccc(COC(=O)Oc2ccc([N+](=O)[O-])cc2)cc1. The van der Waals surface area contributed by atoms with Crippen LogP contribution in [-0.2, 0) is 20.9 Å². The monoisotopic (exact) mass is 401 g/mol. The minimum atomic E-state index is -0.962. The van der Waals surface area contributed by atoms with Crippen LogP contribution in [-0.4, -0.2) is 22.9 Å². The van der Waals surface area contributed by atoms with Crippen molar-refractivity contribution in [3.05, 3.63) is 64.2 Å². The maximum Gasteiger partial charge on any atom is 0.514 e. The Hall–Kier alpha value is -3.95. The van der Waals surface area contributed by atoms with Gasteiger partial charge in [-0.1, -0.05) is 19.1 Å². The van der Waals surface area contributed by atoms with Crippen LogP contribution in [0.25, 0.3) is 0 Å². The van der Waals surface area contributed by atoms with Gasteiger partial charge >= 0.3 is 6.16 Å². The molecule has 10 heteroatoms. The van der Waals surface area contributed by atoms with Gasteiger partial charge in [0.25, 0.3) is 5.69 Å². The predicted octanol–water partition coefficient (Wildman–Crippen LogP) is 2.76. The molecule has 3 N–H and O–H groups in total. The molecule has 10 nitrogen and oxygen atoms in total. The van der Waals surface area contributed by atoms with Gasteiger partial charge in [-0.15, -0.1) is 0 Å². The summed E-state index contributed by atoms with van der Waals surface area (Å²) in [5.41, 5.74) is 6.11. The minimum Gasteiger partial charge on any atom is -0.429 e. The van der Waals surface area contributed by atoms with Gasteiger partial charge in [0.15, 0.2) is 0 Å². The first kappa shape index (κ1) is 21.4. The van der Waals surface area contributed by atoms with Crippen molar-refractivity contribution in [3.63, 3.8) is 0 Å². The maximum atomic E-state index is 11.9. The minimum absolute atomic E-state index is 0.0470. The Morgan fingerprint density at radius 3 is 2.28 bits per heavy atom. The summed E-state index contributed by atoms with van der Waals surface area (Å²) in [6.07, 6.45) is -1.01. The molecule has 0 saturated heterocycles. The van der Waals surface area contributed by atoms with Crippen LogP contribution in [0.2, 0.25) is 0 Å². The number of nitro groups is 1. The third-order valence-electron chi connectivity index (χ3n) is 3.78. The van der Waals surface area contributed by atoms with Gasteiger partial charge in [0.2, 0.25) is 11.8 Å². The Kier molecular flexibility index (Phi) is 7.24. The van der Waals surface area contributed by atoms with E-state index in [4.69, 9.17) is 15.2 Å². The summed E-state index contributed by atoms with van der Waals surface area (Å²) in [5, 5.41) is 13.2. The molecule has 0 bridgehead atoms. The van der Waals surface area contributed by atoms with Crippen molar-refractivity contribution in [2.75, 3.05) is 5.32 Å². The average molecular weight is 401 g/mol. The van der Waals surface area contributed by atoms with E-state index >= 15 is 0 Å². The molecule has 0 spiro atoms. The number of benzene rings is 2. The lowest BCUT2D eigenvalue weighted by molar-refractivity contribution is -0.384.